The van der Waals surface area contributed by atoms with Crippen molar-refractivity contribution in [2.45, 2.75) is 17.2 Å². The van der Waals surface area contributed by atoms with Crippen LogP contribution < -0.4 is 0 Å². The summed E-state index contributed by atoms with van der Waals surface area (Å²) in [6.45, 7) is -0.452. The predicted molar refractivity (Wildman–Crippen MR) is 66.3 cm³/mol. The third kappa shape index (κ3) is 5.05. The van der Waals surface area contributed by atoms with Gasteiger partial charge in [-0.15, -0.1) is 0 Å². The van der Waals surface area contributed by atoms with Crippen molar-refractivity contribution in [3.05, 3.63) is 12.4 Å². The topological polar surface area (TPSA) is 110 Å². The number of amides is 1. The van der Waals surface area contributed by atoms with E-state index in [9.17, 15) is 44.3 Å². The van der Waals surface area contributed by atoms with E-state index < -0.39 is 51.6 Å². The lowest BCUT2D eigenvalue weighted by Gasteiger charge is -2.35. The van der Waals surface area contributed by atoms with Crippen LogP contribution in [0, 0.1) is 0 Å². The zero-order valence-electron chi connectivity index (χ0n) is 12.4. The van der Waals surface area contributed by atoms with Crippen molar-refractivity contribution < 1.29 is 58.4 Å². The summed E-state index contributed by atoms with van der Waals surface area (Å²) in [5.41, 5.74) is 0. The minimum Gasteiger partial charge on any atom is -0.410 e. The van der Waals surface area contributed by atoms with Gasteiger partial charge in [0, 0.05) is 14.1 Å². The van der Waals surface area contributed by atoms with Crippen molar-refractivity contribution in [1.82, 2.24) is 4.90 Å². The van der Waals surface area contributed by atoms with Crippen molar-refractivity contribution >= 4 is 22.0 Å². The van der Waals surface area contributed by atoms with E-state index in [0.717, 1.165) is 0 Å². The maximum absolute atomic E-state index is 13.2. The van der Waals surface area contributed by atoms with Gasteiger partial charge in [-0.1, -0.05) is 6.58 Å². The molecule has 0 bridgehead atoms. The summed E-state index contributed by atoms with van der Waals surface area (Å²) < 4.78 is 115. The smallest absolute Gasteiger partial charge is 0.410 e. The van der Waals surface area contributed by atoms with Crippen LogP contribution in [0.3, 0.4) is 0 Å². The number of halogens is 6. The first kappa shape index (κ1) is 23.1. The molecule has 1 atom stereocenters. The summed E-state index contributed by atoms with van der Waals surface area (Å²) in [5.74, 6) is -11.7. The zero-order chi connectivity index (χ0) is 20.4. The average Bonchev–Trinajstić information content (AvgIpc) is 2.39. The van der Waals surface area contributed by atoms with Gasteiger partial charge in [-0.25, -0.2) is 4.79 Å². The third-order valence-electron chi connectivity index (χ3n) is 2.34. The monoisotopic (exact) mass is 403 g/mol. The van der Waals surface area contributed by atoms with Gasteiger partial charge in [0.1, 0.15) is 6.61 Å². The molecule has 0 fully saturated rings. The number of hydrogen-bond acceptors (Lipinski definition) is 6. The highest BCUT2D eigenvalue weighted by Gasteiger charge is 2.68. The maximum Gasteiger partial charge on any atom is 0.466 e. The number of alkyl halides is 5. The van der Waals surface area contributed by atoms with Gasteiger partial charge in [0.25, 0.3) is 0 Å². The Bertz CT molecular complexity index is 659. The SMILES string of the molecule is C=C(F)C(=O)OC(OCC(F)(F)S(=O)(=O)O)(C(=O)N(C)C)C(F)(F)F. The Hall–Kier alpha value is -1.87. The number of hydrogen-bond donors (Lipinski definition) is 1. The second-order valence-corrected chi connectivity index (χ2v) is 6.06. The standard InChI is InChI=1S/C10H11F6NO7S/c1-5(11)6(18)24-9(10(14,15)16,7(19)17(2)3)23-4-8(12,13)25(20,21)22/h1,4H2,2-3H3,(H,20,21,22). The van der Waals surface area contributed by atoms with E-state index in [0.29, 0.717) is 14.1 Å². The molecule has 0 saturated heterocycles. The highest BCUT2D eigenvalue weighted by molar-refractivity contribution is 7.86. The van der Waals surface area contributed by atoms with Crippen LogP contribution in [0.2, 0.25) is 0 Å². The fraction of sp³-hybridized carbons (Fsp3) is 0.600. The molecule has 0 heterocycles. The maximum atomic E-state index is 13.2. The van der Waals surface area contributed by atoms with Gasteiger partial charge in [0.2, 0.25) is 5.83 Å². The van der Waals surface area contributed by atoms with Gasteiger partial charge < -0.3 is 14.4 Å². The molecule has 0 aromatic heterocycles. The van der Waals surface area contributed by atoms with Crippen molar-refractivity contribution in [1.29, 1.82) is 0 Å². The molecule has 0 radical (unpaired) electrons. The number of esters is 1. The number of nitrogens with zero attached hydrogens (tertiary/aromatic N) is 1. The van der Waals surface area contributed by atoms with Crippen molar-refractivity contribution in [3.63, 3.8) is 0 Å². The lowest BCUT2D eigenvalue weighted by atomic mass is 10.2. The van der Waals surface area contributed by atoms with E-state index in [1.807, 2.05) is 0 Å². The lowest BCUT2D eigenvalue weighted by molar-refractivity contribution is -0.355. The number of rotatable bonds is 7. The molecule has 8 nitrogen and oxygen atoms in total. The Morgan fingerprint density at radius 1 is 1.16 bits per heavy atom. The first-order chi connectivity index (χ1) is 10.9. The Morgan fingerprint density at radius 3 is 1.88 bits per heavy atom. The minimum absolute atomic E-state index is 0.0906. The summed E-state index contributed by atoms with van der Waals surface area (Å²) >= 11 is 0. The van der Waals surface area contributed by atoms with Crippen LogP contribution in [0.5, 0.6) is 0 Å². The van der Waals surface area contributed by atoms with E-state index in [4.69, 9.17) is 4.55 Å². The average molecular weight is 403 g/mol. The first-order valence-corrected chi connectivity index (χ1v) is 7.18. The Balaban J connectivity index is 6.16. The normalized spacial score (nSPS) is 15.2. The predicted octanol–water partition coefficient (Wildman–Crippen LogP) is 0.857. The summed E-state index contributed by atoms with van der Waals surface area (Å²) in [6.07, 6.45) is -6.05. The number of carbonyl (C=O) groups excluding carboxylic acids is 2. The zero-order valence-corrected chi connectivity index (χ0v) is 13.3. The highest BCUT2D eigenvalue weighted by atomic mass is 32.2. The van der Waals surface area contributed by atoms with Crippen molar-refractivity contribution in [2.24, 2.45) is 0 Å². The van der Waals surface area contributed by atoms with Crippen LogP contribution in [-0.4, -0.2) is 67.7 Å². The van der Waals surface area contributed by atoms with Crippen LogP contribution >= 0.6 is 0 Å². The quantitative estimate of drug-likeness (QED) is 0.221. The molecule has 0 spiro atoms. The fourth-order valence-corrected chi connectivity index (χ4v) is 1.34. The minimum atomic E-state index is -6.24. The molecule has 1 amide bonds. The Kier molecular flexibility index (Phi) is 6.63. The van der Waals surface area contributed by atoms with Crippen molar-refractivity contribution in [2.75, 3.05) is 20.7 Å². The molecular formula is C10H11F6NO7S. The second kappa shape index (κ2) is 7.17. The molecule has 25 heavy (non-hydrogen) atoms. The van der Waals surface area contributed by atoms with E-state index in [-0.39, 0.29) is 4.90 Å². The molecule has 0 rings (SSSR count). The number of ether oxygens (including phenoxy) is 2. The summed E-state index contributed by atoms with van der Waals surface area (Å²) in [4.78, 5) is 22.9. The number of carbonyl (C=O) groups is 2. The van der Waals surface area contributed by atoms with Gasteiger partial charge in [-0.2, -0.15) is 34.8 Å². The summed E-state index contributed by atoms with van der Waals surface area (Å²) in [5, 5.41) is -5.31. The van der Waals surface area contributed by atoms with Gasteiger partial charge in [0.05, 0.1) is 0 Å². The van der Waals surface area contributed by atoms with E-state index >= 15 is 0 Å². The molecule has 0 aliphatic carbocycles. The molecule has 0 saturated carbocycles. The largest absolute Gasteiger partial charge is 0.466 e. The van der Waals surface area contributed by atoms with Crippen LogP contribution in [-0.2, 0) is 29.2 Å². The van der Waals surface area contributed by atoms with E-state index in [1.54, 1.807) is 0 Å². The molecule has 1 unspecified atom stereocenters. The van der Waals surface area contributed by atoms with Gasteiger partial charge in [-0.05, 0) is 0 Å². The lowest BCUT2D eigenvalue weighted by Crippen LogP contribution is -2.62. The van der Waals surface area contributed by atoms with Crippen LogP contribution in [0.4, 0.5) is 26.3 Å². The molecular weight excluding hydrogens is 392 g/mol. The molecule has 0 aromatic rings. The van der Waals surface area contributed by atoms with Gasteiger partial charge in [0.15, 0.2) is 0 Å². The van der Waals surface area contributed by atoms with E-state index in [2.05, 4.69) is 16.1 Å². The van der Waals surface area contributed by atoms with Crippen LogP contribution in [0.15, 0.2) is 12.4 Å². The van der Waals surface area contributed by atoms with E-state index in [1.165, 1.54) is 0 Å². The Morgan fingerprint density at radius 2 is 1.60 bits per heavy atom. The first-order valence-electron chi connectivity index (χ1n) is 5.74. The fourth-order valence-electron chi connectivity index (χ4n) is 1.14. The van der Waals surface area contributed by atoms with Crippen molar-refractivity contribution in [3.8, 4) is 0 Å². The molecule has 146 valence electrons. The summed E-state index contributed by atoms with van der Waals surface area (Å²) in [7, 11) is -4.90. The highest BCUT2D eigenvalue weighted by Crippen LogP contribution is 2.38. The summed E-state index contributed by atoms with van der Waals surface area (Å²) in [6, 6.07) is 0. The Labute approximate surface area is 136 Å². The molecule has 0 aliphatic heterocycles. The molecule has 0 aromatic carbocycles. The van der Waals surface area contributed by atoms with Gasteiger partial charge in [-0.3, -0.25) is 9.35 Å². The molecule has 1 N–H and O–H groups in total. The molecule has 15 heteroatoms. The number of likely N-dealkylation sites (N-methyl/N-ethyl adjacent to an activating group) is 1. The van der Waals surface area contributed by atoms with Gasteiger partial charge >= 0.3 is 39.2 Å². The van der Waals surface area contributed by atoms with Crippen LogP contribution in [0.25, 0.3) is 0 Å². The molecule has 0 aliphatic rings. The third-order valence-corrected chi connectivity index (χ3v) is 3.21. The second-order valence-electron chi connectivity index (χ2n) is 4.51. The van der Waals surface area contributed by atoms with Crippen LogP contribution in [0.1, 0.15) is 0 Å².